The van der Waals surface area contributed by atoms with Crippen LogP contribution in [-0.2, 0) is 24.3 Å². The van der Waals surface area contributed by atoms with Crippen LogP contribution >= 0.6 is 0 Å². The van der Waals surface area contributed by atoms with Gasteiger partial charge < -0.3 is 5.11 Å². The number of hydrogen-bond donors (Lipinski definition) is 1. The van der Waals surface area contributed by atoms with Gasteiger partial charge in [0.1, 0.15) is 0 Å². The molecule has 1 N–H and O–H groups in total. The van der Waals surface area contributed by atoms with Crippen molar-refractivity contribution in [3.63, 3.8) is 0 Å². The van der Waals surface area contributed by atoms with Crippen molar-refractivity contribution in [1.82, 2.24) is 0 Å². The molecule has 0 aliphatic heterocycles. The minimum Gasteiger partial charge on any atom is -0.478 e. The number of nitro groups is 1. The van der Waals surface area contributed by atoms with E-state index in [1.807, 2.05) is 18.2 Å². The van der Waals surface area contributed by atoms with Gasteiger partial charge in [-0.1, -0.05) is 36.9 Å². The number of benzene rings is 2. The third-order valence-electron chi connectivity index (χ3n) is 2.33. The van der Waals surface area contributed by atoms with Crippen LogP contribution in [0.3, 0.4) is 0 Å². The number of aliphatic carboxylic acids is 1. The number of carboxylic acid groups (broad SMARTS) is 1. The van der Waals surface area contributed by atoms with Crippen LogP contribution < -0.4 is 0 Å². The second-order valence-corrected chi connectivity index (χ2v) is 3.84. The van der Waals surface area contributed by atoms with Crippen LogP contribution in [0.1, 0.15) is 6.92 Å². The van der Waals surface area contributed by atoms with Crippen molar-refractivity contribution in [2.75, 3.05) is 0 Å². The van der Waals surface area contributed by atoms with E-state index in [0.717, 1.165) is 5.39 Å². The summed E-state index contributed by atoms with van der Waals surface area (Å²) in [5.74, 6) is -0.935. The van der Waals surface area contributed by atoms with Crippen LogP contribution in [0.2, 0.25) is 0 Å². The molecule has 0 spiro atoms. The summed E-state index contributed by atoms with van der Waals surface area (Å²) in [5.41, 5.74) is 0.341. The number of hydrogen-bond acceptors (Lipinski definition) is 3. The SMILES string of the molecule is C=C(C)C(=O)O.O=[N+]([O-])c1cccc2ccccc12.[Zn]. The molecule has 0 unspecified atom stereocenters. The van der Waals surface area contributed by atoms with Gasteiger partial charge in [0.15, 0.2) is 0 Å². The normalized spacial score (nSPS) is 8.85. The predicted molar refractivity (Wildman–Crippen MR) is 73.1 cm³/mol. The number of carbonyl (C=O) groups is 1. The number of nitro benzene ring substituents is 1. The van der Waals surface area contributed by atoms with Crippen LogP contribution in [0.25, 0.3) is 10.8 Å². The van der Waals surface area contributed by atoms with E-state index in [4.69, 9.17) is 5.11 Å². The van der Waals surface area contributed by atoms with Crippen molar-refractivity contribution >= 4 is 22.4 Å². The fourth-order valence-electron chi connectivity index (χ4n) is 1.37. The molecule has 2 aromatic carbocycles. The zero-order valence-electron chi connectivity index (χ0n) is 11.1. The van der Waals surface area contributed by atoms with Gasteiger partial charge in [0.2, 0.25) is 0 Å². The van der Waals surface area contributed by atoms with Gasteiger partial charge in [-0.15, -0.1) is 0 Å². The number of non-ortho nitro benzene ring substituents is 1. The third-order valence-corrected chi connectivity index (χ3v) is 2.33. The molecule has 20 heavy (non-hydrogen) atoms. The molecule has 2 aromatic rings. The molecule has 0 heterocycles. The van der Waals surface area contributed by atoms with Crippen LogP contribution in [0.5, 0.6) is 0 Å². The van der Waals surface area contributed by atoms with E-state index in [2.05, 4.69) is 6.58 Å². The van der Waals surface area contributed by atoms with Gasteiger partial charge in [-0.2, -0.15) is 0 Å². The molecule has 0 saturated carbocycles. The molecule has 0 aliphatic rings. The molecule has 5 nitrogen and oxygen atoms in total. The first-order chi connectivity index (χ1) is 8.93. The number of rotatable bonds is 2. The van der Waals surface area contributed by atoms with Crippen molar-refractivity contribution in [2.24, 2.45) is 0 Å². The molecule has 2 rings (SSSR count). The Morgan fingerprint density at radius 1 is 1.20 bits per heavy atom. The Labute approximate surface area is 128 Å². The van der Waals surface area contributed by atoms with Gasteiger partial charge in [0.25, 0.3) is 5.69 Å². The standard InChI is InChI=1S/C10H7NO2.C4H6O2.Zn/c12-11(13)10-7-3-5-8-4-1-2-6-9(8)10;1-3(2)4(5)6;/h1-7H;1H2,2H3,(H,5,6);. The molecule has 0 fully saturated rings. The molecule has 0 aromatic heterocycles. The molecule has 0 atom stereocenters. The summed E-state index contributed by atoms with van der Waals surface area (Å²) in [5, 5.41) is 20.1. The first-order valence-corrected chi connectivity index (χ1v) is 5.44. The maximum atomic E-state index is 10.6. The third kappa shape index (κ3) is 4.90. The summed E-state index contributed by atoms with van der Waals surface area (Å²) in [6.45, 7) is 4.60. The minimum absolute atomic E-state index is 0. The maximum absolute atomic E-state index is 10.6. The summed E-state index contributed by atoms with van der Waals surface area (Å²) in [4.78, 5) is 19.9. The summed E-state index contributed by atoms with van der Waals surface area (Å²) >= 11 is 0. The number of nitrogens with zero attached hydrogens (tertiary/aromatic N) is 1. The fourth-order valence-corrected chi connectivity index (χ4v) is 1.37. The smallest absolute Gasteiger partial charge is 0.330 e. The van der Waals surface area contributed by atoms with E-state index in [1.54, 1.807) is 18.2 Å². The monoisotopic (exact) mass is 323 g/mol. The Balaban J connectivity index is 0.000000448. The average Bonchev–Trinajstić information content (AvgIpc) is 2.38. The molecule has 100 valence electrons. The largest absolute Gasteiger partial charge is 0.478 e. The Bertz CT molecular complexity index is 623. The molecule has 0 aliphatic carbocycles. The van der Waals surface area contributed by atoms with Crippen LogP contribution in [-0.4, -0.2) is 16.0 Å². The maximum Gasteiger partial charge on any atom is 0.330 e. The first kappa shape index (κ1) is 17.9. The van der Waals surface area contributed by atoms with E-state index in [-0.39, 0.29) is 35.7 Å². The molecule has 0 amide bonds. The van der Waals surface area contributed by atoms with E-state index in [1.165, 1.54) is 13.0 Å². The molecule has 0 saturated heterocycles. The Hall–Kier alpha value is -2.07. The van der Waals surface area contributed by atoms with Crippen molar-refractivity contribution in [3.05, 3.63) is 64.7 Å². The zero-order chi connectivity index (χ0) is 14.4. The second-order valence-electron chi connectivity index (χ2n) is 3.84. The van der Waals surface area contributed by atoms with Gasteiger partial charge in [-0.25, -0.2) is 4.79 Å². The molecule has 0 radical (unpaired) electrons. The Morgan fingerprint density at radius 3 is 2.20 bits per heavy atom. The van der Waals surface area contributed by atoms with E-state index >= 15 is 0 Å². The topological polar surface area (TPSA) is 80.4 Å². The van der Waals surface area contributed by atoms with E-state index in [0.29, 0.717) is 5.39 Å². The van der Waals surface area contributed by atoms with Gasteiger partial charge in [0, 0.05) is 31.1 Å². The average molecular weight is 325 g/mol. The predicted octanol–water partition coefficient (Wildman–Crippen LogP) is 3.39. The van der Waals surface area contributed by atoms with Gasteiger partial charge in [-0.3, -0.25) is 10.1 Å². The minimum atomic E-state index is -0.935. The number of carboxylic acids is 1. The molecular formula is C14H13NO4Zn. The van der Waals surface area contributed by atoms with Gasteiger partial charge in [-0.05, 0) is 18.4 Å². The summed E-state index contributed by atoms with van der Waals surface area (Å²) in [6.07, 6.45) is 0. The van der Waals surface area contributed by atoms with Crippen molar-refractivity contribution in [2.45, 2.75) is 6.92 Å². The Kier molecular flexibility index (Phi) is 7.33. The Morgan fingerprint density at radius 2 is 1.70 bits per heavy atom. The van der Waals surface area contributed by atoms with Crippen LogP contribution in [0, 0.1) is 10.1 Å². The first-order valence-electron chi connectivity index (χ1n) is 5.44. The van der Waals surface area contributed by atoms with Crippen LogP contribution in [0.4, 0.5) is 5.69 Å². The number of fused-ring (bicyclic) bond motifs is 1. The molecular weight excluding hydrogens is 312 g/mol. The molecule has 6 heteroatoms. The van der Waals surface area contributed by atoms with Gasteiger partial charge in [0.05, 0.1) is 10.3 Å². The van der Waals surface area contributed by atoms with E-state index in [9.17, 15) is 14.9 Å². The summed E-state index contributed by atoms with van der Waals surface area (Å²) in [6, 6.07) is 12.4. The van der Waals surface area contributed by atoms with Crippen molar-refractivity contribution in [3.8, 4) is 0 Å². The fraction of sp³-hybridized carbons (Fsp3) is 0.0714. The summed E-state index contributed by atoms with van der Waals surface area (Å²) in [7, 11) is 0. The second kappa shape index (κ2) is 8.17. The van der Waals surface area contributed by atoms with Crippen LogP contribution in [0.15, 0.2) is 54.6 Å². The van der Waals surface area contributed by atoms with Gasteiger partial charge >= 0.3 is 5.97 Å². The molecule has 0 bridgehead atoms. The summed E-state index contributed by atoms with van der Waals surface area (Å²) < 4.78 is 0. The van der Waals surface area contributed by atoms with Crippen molar-refractivity contribution < 1.29 is 34.3 Å². The quantitative estimate of drug-likeness (QED) is 0.397. The van der Waals surface area contributed by atoms with Crippen molar-refractivity contribution in [1.29, 1.82) is 0 Å². The zero-order valence-corrected chi connectivity index (χ0v) is 14.0. The van der Waals surface area contributed by atoms with E-state index < -0.39 is 5.97 Å².